The molecule has 3 rings (SSSR count). The summed E-state index contributed by atoms with van der Waals surface area (Å²) in [6.45, 7) is 6.06. The SMILES string of the molecule is CCN1CCC(c2nc(C(=O)O)c3n2CCC(N)C3)C1. The molecule has 0 bridgehead atoms. The number of hydrogen-bond acceptors (Lipinski definition) is 4. The Morgan fingerprint density at radius 1 is 1.45 bits per heavy atom. The summed E-state index contributed by atoms with van der Waals surface area (Å²) in [5, 5.41) is 9.35. The van der Waals surface area contributed by atoms with Gasteiger partial charge in [-0.3, -0.25) is 0 Å². The van der Waals surface area contributed by atoms with E-state index in [1.165, 1.54) is 0 Å². The number of carbonyl (C=O) groups is 1. The fraction of sp³-hybridized carbons (Fsp3) is 0.714. The standard InChI is InChI=1S/C14H22N4O2/c1-2-17-5-3-9(8-17)13-16-12(14(19)20)11-7-10(15)4-6-18(11)13/h9-10H,2-8,15H2,1H3,(H,19,20). The van der Waals surface area contributed by atoms with Gasteiger partial charge in [0.25, 0.3) is 0 Å². The number of carboxylic acids is 1. The summed E-state index contributed by atoms with van der Waals surface area (Å²) >= 11 is 0. The lowest BCUT2D eigenvalue weighted by Crippen LogP contribution is -2.32. The van der Waals surface area contributed by atoms with E-state index in [2.05, 4.69) is 21.4 Å². The van der Waals surface area contributed by atoms with E-state index in [1.54, 1.807) is 0 Å². The van der Waals surface area contributed by atoms with E-state index < -0.39 is 5.97 Å². The van der Waals surface area contributed by atoms with Crippen LogP contribution in [-0.2, 0) is 13.0 Å². The summed E-state index contributed by atoms with van der Waals surface area (Å²) in [5.74, 6) is 0.385. The molecule has 1 aromatic heterocycles. The van der Waals surface area contributed by atoms with Gasteiger partial charge in [0.2, 0.25) is 0 Å². The summed E-state index contributed by atoms with van der Waals surface area (Å²) in [4.78, 5) is 18.2. The Hall–Kier alpha value is -1.40. The van der Waals surface area contributed by atoms with Gasteiger partial charge < -0.3 is 20.3 Å². The van der Waals surface area contributed by atoms with Gasteiger partial charge in [-0.15, -0.1) is 0 Å². The first-order valence-electron chi connectivity index (χ1n) is 7.40. The van der Waals surface area contributed by atoms with Crippen molar-refractivity contribution < 1.29 is 9.90 Å². The van der Waals surface area contributed by atoms with Crippen molar-refractivity contribution in [2.24, 2.45) is 5.73 Å². The van der Waals surface area contributed by atoms with Crippen LogP contribution >= 0.6 is 0 Å². The minimum Gasteiger partial charge on any atom is -0.476 e. The van der Waals surface area contributed by atoms with E-state index in [0.29, 0.717) is 12.3 Å². The zero-order chi connectivity index (χ0) is 14.3. The zero-order valence-corrected chi connectivity index (χ0v) is 11.9. The van der Waals surface area contributed by atoms with Gasteiger partial charge in [-0.1, -0.05) is 6.92 Å². The molecule has 1 aromatic rings. The summed E-state index contributed by atoms with van der Waals surface area (Å²) in [5.41, 5.74) is 7.02. The fourth-order valence-electron chi connectivity index (χ4n) is 3.42. The molecule has 0 radical (unpaired) electrons. The van der Waals surface area contributed by atoms with Crippen molar-refractivity contribution in [2.75, 3.05) is 19.6 Å². The van der Waals surface area contributed by atoms with E-state index >= 15 is 0 Å². The molecule has 2 unspecified atom stereocenters. The number of likely N-dealkylation sites (N-methyl/N-ethyl adjacent to an activating group) is 1. The van der Waals surface area contributed by atoms with Crippen LogP contribution in [0.2, 0.25) is 0 Å². The Bertz CT molecular complexity index is 525. The second-order valence-corrected chi connectivity index (χ2v) is 5.85. The van der Waals surface area contributed by atoms with E-state index in [-0.39, 0.29) is 11.7 Å². The van der Waals surface area contributed by atoms with Crippen molar-refractivity contribution in [1.82, 2.24) is 14.5 Å². The number of aromatic nitrogens is 2. The normalized spacial score (nSPS) is 26.7. The van der Waals surface area contributed by atoms with Crippen molar-refractivity contribution in [2.45, 2.75) is 44.7 Å². The Morgan fingerprint density at radius 3 is 2.90 bits per heavy atom. The molecule has 0 spiro atoms. The van der Waals surface area contributed by atoms with Crippen LogP contribution in [0.15, 0.2) is 0 Å². The van der Waals surface area contributed by atoms with Gasteiger partial charge in [0.15, 0.2) is 5.69 Å². The fourth-order valence-corrected chi connectivity index (χ4v) is 3.42. The molecule has 3 heterocycles. The Morgan fingerprint density at radius 2 is 2.25 bits per heavy atom. The largest absolute Gasteiger partial charge is 0.476 e. The van der Waals surface area contributed by atoms with Crippen molar-refractivity contribution in [3.8, 4) is 0 Å². The number of hydrogen-bond donors (Lipinski definition) is 2. The van der Waals surface area contributed by atoms with Gasteiger partial charge in [0.05, 0.1) is 5.69 Å². The average molecular weight is 278 g/mol. The molecule has 110 valence electrons. The van der Waals surface area contributed by atoms with Crippen LogP contribution in [0.1, 0.15) is 47.7 Å². The van der Waals surface area contributed by atoms with E-state index in [1.807, 2.05) is 0 Å². The third-order valence-corrected chi connectivity index (χ3v) is 4.57. The molecule has 20 heavy (non-hydrogen) atoms. The van der Waals surface area contributed by atoms with E-state index in [9.17, 15) is 9.90 Å². The van der Waals surface area contributed by atoms with Crippen LogP contribution in [0.5, 0.6) is 0 Å². The maximum atomic E-state index is 11.4. The van der Waals surface area contributed by atoms with Gasteiger partial charge in [-0.25, -0.2) is 9.78 Å². The summed E-state index contributed by atoms with van der Waals surface area (Å²) in [6, 6.07) is 0.0564. The number of aromatic carboxylic acids is 1. The van der Waals surface area contributed by atoms with Crippen molar-refractivity contribution in [3.63, 3.8) is 0 Å². The maximum absolute atomic E-state index is 11.4. The molecule has 0 aromatic carbocycles. The molecule has 3 N–H and O–H groups in total. The number of rotatable bonds is 3. The van der Waals surface area contributed by atoms with Crippen LogP contribution in [0, 0.1) is 0 Å². The number of likely N-dealkylation sites (tertiary alicyclic amines) is 1. The number of nitrogens with two attached hydrogens (primary N) is 1. The number of fused-ring (bicyclic) bond motifs is 1. The molecule has 0 aliphatic carbocycles. The number of nitrogens with zero attached hydrogens (tertiary/aromatic N) is 3. The van der Waals surface area contributed by atoms with Crippen LogP contribution < -0.4 is 5.73 Å². The highest BCUT2D eigenvalue weighted by molar-refractivity contribution is 5.87. The van der Waals surface area contributed by atoms with Crippen LogP contribution in [-0.4, -0.2) is 51.2 Å². The second-order valence-electron chi connectivity index (χ2n) is 5.85. The Labute approximate surface area is 118 Å². The predicted octanol–water partition coefficient (Wildman–Crippen LogP) is 0.664. The highest BCUT2D eigenvalue weighted by Crippen LogP contribution is 2.30. The monoisotopic (exact) mass is 278 g/mol. The van der Waals surface area contributed by atoms with Gasteiger partial charge in [0.1, 0.15) is 5.82 Å². The summed E-state index contributed by atoms with van der Waals surface area (Å²) in [7, 11) is 0. The first kappa shape index (κ1) is 13.6. The average Bonchev–Trinajstić information content (AvgIpc) is 3.01. The molecular weight excluding hydrogens is 256 g/mol. The predicted molar refractivity (Wildman–Crippen MR) is 75.0 cm³/mol. The van der Waals surface area contributed by atoms with Gasteiger partial charge in [-0.05, 0) is 25.9 Å². The molecule has 0 amide bonds. The molecule has 0 saturated carbocycles. The minimum atomic E-state index is -0.931. The first-order valence-corrected chi connectivity index (χ1v) is 7.40. The third kappa shape index (κ3) is 2.23. The van der Waals surface area contributed by atoms with Crippen LogP contribution in [0.3, 0.4) is 0 Å². The first-order chi connectivity index (χ1) is 9.60. The quantitative estimate of drug-likeness (QED) is 0.848. The summed E-state index contributed by atoms with van der Waals surface area (Å²) in [6.07, 6.45) is 2.59. The topological polar surface area (TPSA) is 84.4 Å². The minimum absolute atomic E-state index is 0.0564. The van der Waals surface area contributed by atoms with Crippen LogP contribution in [0.25, 0.3) is 0 Å². The lowest BCUT2D eigenvalue weighted by Gasteiger charge is -2.23. The lowest BCUT2D eigenvalue weighted by molar-refractivity contribution is 0.0689. The number of carboxylic acid groups (broad SMARTS) is 1. The molecule has 1 saturated heterocycles. The van der Waals surface area contributed by atoms with Crippen molar-refractivity contribution >= 4 is 5.97 Å². The Balaban J connectivity index is 1.96. The molecular formula is C14H22N4O2. The molecule has 6 nitrogen and oxygen atoms in total. The molecule has 2 atom stereocenters. The van der Waals surface area contributed by atoms with E-state index in [4.69, 9.17) is 5.73 Å². The number of imidazole rings is 1. The van der Waals surface area contributed by atoms with Gasteiger partial charge >= 0.3 is 5.97 Å². The Kier molecular flexibility index (Phi) is 3.52. The molecule has 1 fully saturated rings. The van der Waals surface area contributed by atoms with Gasteiger partial charge in [-0.2, -0.15) is 0 Å². The van der Waals surface area contributed by atoms with Crippen LogP contribution in [0.4, 0.5) is 0 Å². The maximum Gasteiger partial charge on any atom is 0.356 e. The molecule has 2 aliphatic rings. The highest BCUT2D eigenvalue weighted by Gasteiger charge is 2.32. The zero-order valence-electron chi connectivity index (χ0n) is 11.9. The molecule has 2 aliphatic heterocycles. The second kappa shape index (κ2) is 5.18. The van der Waals surface area contributed by atoms with E-state index in [0.717, 1.165) is 50.5 Å². The third-order valence-electron chi connectivity index (χ3n) is 4.57. The lowest BCUT2D eigenvalue weighted by atomic mass is 10.0. The van der Waals surface area contributed by atoms with Crippen molar-refractivity contribution in [1.29, 1.82) is 0 Å². The van der Waals surface area contributed by atoms with Gasteiger partial charge in [0, 0.05) is 31.5 Å². The van der Waals surface area contributed by atoms with Crippen molar-refractivity contribution in [3.05, 3.63) is 17.2 Å². The smallest absolute Gasteiger partial charge is 0.356 e. The highest BCUT2D eigenvalue weighted by atomic mass is 16.4. The summed E-state index contributed by atoms with van der Waals surface area (Å²) < 4.78 is 2.12. The molecule has 6 heteroatoms.